The summed E-state index contributed by atoms with van der Waals surface area (Å²) in [4.78, 5) is 17.9. The summed E-state index contributed by atoms with van der Waals surface area (Å²) in [6.07, 6.45) is 0.695. The van der Waals surface area contributed by atoms with Gasteiger partial charge in [0.05, 0.1) is 26.3 Å². The second kappa shape index (κ2) is 9.39. The molecule has 1 aromatic rings. The molecule has 1 heterocycles. The zero-order valence-corrected chi connectivity index (χ0v) is 15.2. The first-order chi connectivity index (χ1) is 12.0. The van der Waals surface area contributed by atoms with Crippen LogP contribution in [0.1, 0.15) is 18.9 Å². The normalized spacial score (nSPS) is 16.5. The van der Waals surface area contributed by atoms with E-state index in [1.54, 1.807) is 19.0 Å². The zero-order chi connectivity index (χ0) is 18.1. The van der Waals surface area contributed by atoms with Crippen LogP contribution in [0.15, 0.2) is 35.3 Å². The van der Waals surface area contributed by atoms with Crippen LogP contribution in [0, 0.1) is 0 Å². The predicted octanol–water partition coefficient (Wildman–Crippen LogP) is 0.963. The molecule has 2 rings (SSSR count). The minimum atomic E-state index is -0.545. The molecule has 1 amide bonds. The highest BCUT2D eigenvalue weighted by atomic mass is 16.7. The fraction of sp³-hybridized carbons (Fsp3) is 0.556. The second-order valence-corrected chi connectivity index (χ2v) is 6.30. The van der Waals surface area contributed by atoms with E-state index in [0.717, 1.165) is 5.56 Å². The number of hydrogen-bond acceptors (Lipinski definition) is 4. The lowest BCUT2D eigenvalue weighted by Gasteiger charge is -2.23. The topological polar surface area (TPSA) is 75.2 Å². The van der Waals surface area contributed by atoms with Gasteiger partial charge < -0.3 is 25.0 Å². The van der Waals surface area contributed by atoms with Gasteiger partial charge in [-0.05, 0) is 12.5 Å². The van der Waals surface area contributed by atoms with Crippen LogP contribution in [0.2, 0.25) is 0 Å². The predicted molar refractivity (Wildman–Crippen MR) is 97.2 cm³/mol. The van der Waals surface area contributed by atoms with E-state index in [-0.39, 0.29) is 12.5 Å². The van der Waals surface area contributed by atoms with Crippen molar-refractivity contribution in [2.45, 2.75) is 25.7 Å². The van der Waals surface area contributed by atoms with Gasteiger partial charge in [-0.15, -0.1) is 0 Å². The first kappa shape index (κ1) is 19.2. The lowest BCUT2D eigenvalue weighted by molar-refractivity contribution is -0.145. The number of rotatable bonds is 7. The molecular weight excluding hydrogens is 320 g/mol. The highest BCUT2D eigenvalue weighted by Crippen LogP contribution is 2.21. The number of ether oxygens (including phenoxy) is 2. The van der Waals surface area contributed by atoms with Crippen molar-refractivity contribution in [2.75, 3.05) is 40.4 Å². The Labute approximate surface area is 149 Å². The van der Waals surface area contributed by atoms with Gasteiger partial charge in [-0.3, -0.25) is 4.79 Å². The summed E-state index contributed by atoms with van der Waals surface area (Å²) < 4.78 is 11.2. The zero-order valence-electron chi connectivity index (χ0n) is 15.2. The van der Waals surface area contributed by atoms with Crippen molar-refractivity contribution in [3.8, 4) is 0 Å². The minimum absolute atomic E-state index is 0.0105. The van der Waals surface area contributed by atoms with E-state index >= 15 is 0 Å². The molecule has 0 bridgehead atoms. The lowest BCUT2D eigenvalue weighted by Crippen LogP contribution is -2.44. The van der Waals surface area contributed by atoms with E-state index in [4.69, 9.17) is 9.47 Å². The van der Waals surface area contributed by atoms with Crippen molar-refractivity contribution in [1.29, 1.82) is 0 Å². The van der Waals surface area contributed by atoms with Crippen molar-refractivity contribution < 1.29 is 14.3 Å². The van der Waals surface area contributed by atoms with Crippen molar-refractivity contribution >= 4 is 11.9 Å². The Morgan fingerprint density at radius 1 is 1.20 bits per heavy atom. The van der Waals surface area contributed by atoms with Gasteiger partial charge in [0.25, 0.3) is 0 Å². The highest BCUT2D eigenvalue weighted by Gasteiger charge is 2.30. The quantitative estimate of drug-likeness (QED) is 0.567. The molecule has 0 spiro atoms. The van der Waals surface area contributed by atoms with Gasteiger partial charge in [-0.2, -0.15) is 0 Å². The van der Waals surface area contributed by atoms with Crippen LogP contribution >= 0.6 is 0 Å². The summed E-state index contributed by atoms with van der Waals surface area (Å²) in [5, 5.41) is 6.32. The molecule has 138 valence electrons. The Morgan fingerprint density at radius 3 is 2.52 bits per heavy atom. The van der Waals surface area contributed by atoms with Crippen LogP contribution in [0.4, 0.5) is 0 Å². The van der Waals surface area contributed by atoms with E-state index in [1.807, 2.05) is 37.3 Å². The molecular formula is C18H28N4O3. The van der Waals surface area contributed by atoms with Gasteiger partial charge >= 0.3 is 0 Å². The van der Waals surface area contributed by atoms with E-state index in [2.05, 4.69) is 15.6 Å². The van der Waals surface area contributed by atoms with E-state index in [1.165, 1.54) is 0 Å². The maximum Gasteiger partial charge on any atom is 0.241 e. The number of likely N-dealkylation sites (N-methyl/N-ethyl adjacent to an activating group) is 1. The van der Waals surface area contributed by atoms with Gasteiger partial charge in [0.15, 0.2) is 11.7 Å². The molecule has 1 aliphatic rings. The SMILES string of the molecule is CN(C)C(=O)CNC(=NCc1ccccc1)NCCC1(C)OCCO1. The standard InChI is InChI=1S/C18H28N4O3/c1-18(24-11-12-25-18)9-10-19-17(21-14-16(23)22(2)3)20-13-15-7-5-4-6-8-15/h4-8H,9-14H2,1-3H3,(H2,19,20,21). The van der Waals surface area contributed by atoms with Crippen molar-refractivity contribution in [3.63, 3.8) is 0 Å². The molecule has 0 aromatic heterocycles. The number of benzene rings is 1. The average molecular weight is 348 g/mol. The Balaban J connectivity index is 1.89. The molecule has 0 atom stereocenters. The number of nitrogens with one attached hydrogen (secondary N) is 2. The van der Waals surface area contributed by atoms with Gasteiger partial charge in [-0.1, -0.05) is 30.3 Å². The van der Waals surface area contributed by atoms with E-state index < -0.39 is 5.79 Å². The summed E-state index contributed by atoms with van der Waals surface area (Å²) >= 11 is 0. The summed E-state index contributed by atoms with van der Waals surface area (Å²) in [6.45, 7) is 4.55. The Hall–Kier alpha value is -2.12. The first-order valence-corrected chi connectivity index (χ1v) is 8.53. The molecule has 7 nitrogen and oxygen atoms in total. The second-order valence-electron chi connectivity index (χ2n) is 6.30. The third-order valence-electron chi connectivity index (χ3n) is 3.94. The van der Waals surface area contributed by atoms with Gasteiger partial charge in [0, 0.05) is 27.1 Å². The Bertz CT molecular complexity index is 569. The lowest BCUT2D eigenvalue weighted by atomic mass is 10.2. The third-order valence-corrected chi connectivity index (χ3v) is 3.94. The van der Waals surface area contributed by atoms with Crippen molar-refractivity contribution in [3.05, 3.63) is 35.9 Å². The van der Waals surface area contributed by atoms with E-state index in [0.29, 0.717) is 38.7 Å². The van der Waals surface area contributed by atoms with Crippen LogP contribution in [-0.4, -0.2) is 63.0 Å². The maximum atomic E-state index is 11.8. The third kappa shape index (κ3) is 6.72. The van der Waals surface area contributed by atoms with Crippen molar-refractivity contribution in [2.24, 2.45) is 4.99 Å². The van der Waals surface area contributed by atoms with Crippen LogP contribution in [-0.2, 0) is 20.8 Å². The highest BCUT2D eigenvalue weighted by molar-refractivity contribution is 5.86. The van der Waals surface area contributed by atoms with Gasteiger partial charge in [-0.25, -0.2) is 4.99 Å². The number of carbonyl (C=O) groups is 1. The molecule has 0 radical (unpaired) electrons. The number of guanidine groups is 1. The van der Waals surface area contributed by atoms with Gasteiger partial charge in [0.1, 0.15) is 0 Å². The van der Waals surface area contributed by atoms with Gasteiger partial charge in [0.2, 0.25) is 5.91 Å². The van der Waals surface area contributed by atoms with Crippen LogP contribution in [0.25, 0.3) is 0 Å². The molecule has 1 aliphatic heterocycles. The molecule has 25 heavy (non-hydrogen) atoms. The van der Waals surface area contributed by atoms with E-state index in [9.17, 15) is 4.79 Å². The molecule has 1 saturated heterocycles. The molecule has 1 aromatic carbocycles. The fourth-order valence-electron chi connectivity index (χ4n) is 2.35. The maximum absolute atomic E-state index is 11.8. The minimum Gasteiger partial charge on any atom is -0.356 e. The molecule has 2 N–H and O–H groups in total. The van der Waals surface area contributed by atoms with Crippen molar-refractivity contribution in [1.82, 2.24) is 15.5 Å². The molecule has 0 saturated carbocycles. The Morgan fingerprint density at radius 2 is 1.88 bits per heavy atom. The average Bonchev–Trinajstić information content (AvgIpc) is 3.04. The number of hydrogen-bond donors (Lipinski definition) is 2. The summed E-state index contributed by atoms with van der Waals surface area (Å²) in [7, 11) is 3.46. The van der Waals surface area contributed by atoms with Crippen LogP contribution in [0.3, 0.4) is 0 Å². The van der Waals surface area contributed by atoms with Crippen LogP contribution in [0.5, 0.6) is 0 Å². The molecule has 7 heteroatoms. The number of amides is 1. The largest absolute Gasteiger partial charge is 0.356 e. The number of aliphatic imine (C=N–C) groups is 1. The summed E-state index contributed by atoms with van der Waals surface area (Å²) in [5.41, 5.74) is 1.11. The van der Waals surface area contributed by atoms with Crippen LogP contribution < -0.4 is 10.6 Å². The fourth-order valence-corrected chi connectivity index (χ4v) is 2.35. The smallest absolute Gasteiger partial charge is 0.241 e. The monoisotopic (exact) mass is 348 g/mol. The molecule has 1 fully saturated rings. The Kier molecular flexibility index (Phi) is 7.21. The summed E-state index contributed by atoms with van der Waals surface area (Å²) in [5.74, 6) is 0.0427. The summed E-state index contributed by atoms with van der Waals surface area (Å²) in [6, 6.07) is 9.98. The molecule has 0 aliphatic carbocycles. The number of carbonyl (C=O) groups excluding carboxylic acids is 1. The first-order valence-electron chi connectivity index (χ1n) is 8.53. The number of nitrogens with zero attached hydrogens (tertiary/aromatic N) is 2. The molecule has 0 unspecified atom stereocenters.